The number of benzene rings is 2. The van der Waals surface area contributed by atoms with Crippen LogP contribution in [-0.4, -0.2) is 60.4 Å². The predicted octanol–water partition coefficient (Wildman–Crippen LogP) is 4.85. The molecule has 2 aromatic carbocycles. The Morgan fingerprint density at radius 2 is 1.84 bits per heavy atom. The van der Waals surface area contributed by atoms with Gasteiger partial charge >= 0.3 is 0 Å². The van der Waals surface area contributed by atoms with Gasteiger partial charge in [0, 0.05) is 49.4 Å². The minimum atomic E-state index is -0.529. The van der Waals surface area contributed by atoms with Gasteiger partial charge in [0.2, 0.25) is 11.8 Å². The summed E-state index contributed by atoms with van der Waals surface area (Å²) in [6.07, 6.45) is 2.17. The molecule has 0 spiro atoms. The van der Waals surface area contributed by atoms with Gasteiger partial charge in [-0.05, 0) is 55.8 Å². The van der Waals surface area contributed by atoms with Crippen LogP contribution in [0, 0.1) is 11.2 Å². The highest BCUT2D eigenvalue weighted by Gasteiger charge is 2.34. The van der Waals surface area contributed by atoms with Gasteiger partial charge < -0.3 is 25.0 Å². The monoisotopic (exact) mass is 527 g/mol. The Bertz CT molecular complexity index is 1390. The number of ether oxygens (including phenoxy) is 1. The number of halogens is 2. The van der Waals surface area contributed by atoms with Crippen molar-refractivity contribution in [3.63, 3.8) is 0 Å². The van der Waals surface area contributed by atoms with Gasteiger partial charge in [0.05, 0.1) is 18.2 Å². The molecule has 1 saturated heterocycles. The number of nitrogens with one attached hydrogen (secondary N) is 1. The molecular formula is C26H31ClFN7O2. The van der Waals surface area contributed by atoms with Crippen LogP contribution in [0.25, 0.3) is 16.5 Å². The second-order valence-corrected chi connectivity index (χ2v) is 9.73. The number of aromatic nitrogens is 1. The molecule has 196 valence electrons. The first-order valence-electron chi connectivity index (χ1n) is 11.8. The number of rotatable bonds is 5. The lowest BCUT2D eigenvalue weighted by Crippen LogP contribution is -2.47. The number of piperazine rings is 1. The maximum absolute atomic E-state index is 13.3. The van der Waals surface area contributed by atoms with Crippen LogP contribution in [0.3, 0.4) is 0 Å². The number of nitrogens with zero attached hydrogens (tertiary/aromatic N) is 5. The second-order valence-electron chi connectivity index (χ2n) is 9.73. The zero-order chi connectivity index (χ0) is 25.6. The molecule has 0 amide bonds. The maximum atomic E-state index is 13.3. The van der Waals surface area contributed by atoms with Crippen LogP contribution >= 0.6 is 12.4 Å². The minimum Gasteiger partial charge on any atom is -0.497 e. The topological polar surface area (TPSA) is 115 Å². The Kier molecular flexibility index (Phi) is 7.16. The number of azo groups is 1. The van der Waals surface area contributed by atoms with Crippen molar-refractivity contribution in [3.05, 3.63) is 53.9 Å². The van der Waals surface area contributed by atoms with Gasteiger partial charge in [-0.2, -0.15) is 0 Å². The summed E-state index contributed by atoms with van der Waals surface area (Å²) < 4.78 is 20.7. The van der Waals surface area contributed by atoms with Gasteiger partial charge in [-0.15, -0.1) is 22.6 Å². The van der Waals surface area contributed by atoms with Crippen LogP contribution in [0.2, 0.25) is 0 Å². The Labute approximate surface area is 220 Å². The van der Waals surface area contributed by atoms with Crippen molar-refractivity contribution < 1.29 is 14.2 Å². The zero-order valence-corrected chi connectivity index (χ0v) is 21.8. The average Bonchev–Trinajstić information content (AvgIpc) is 3.14. The van der Waals surface area contributed by atoms with E-state index in [0.29, 0.717) is 11.1 Å². The van der Waals surface area contributed by atoms with Crippen molar-refractivity contribution in [2.45, 2.75) is 19.4 Å². The Hall–Kier alpha value is -3.63. The fourth-order valence-electron chi connectivity index (χ4n) is 5.24. The third kappa shape index (κ3) is 4.86. The Morgan fingerprint density at radius 3 is 2.46 bits per heavy atom. The highest BCUT2D eigenvalue weighted by molar-refractivity contribution is 6.04. The number of nitrogens with two attached hydrogens (primary N) is 1. The molecule has 2 aliphatic heterocycles. The van der Waals surface area contributed by atoms with Gasteiger partial charge in [0.25, 0.3) is 0 Å². The van der Waals surface area contributed by atoms with Crippen LogP contribution in [0.1, 0.15) is 19.4 Å². The molecule has 5 rings (SSSR count). The first-order valence-corrected chi connectivity index (χ1v) is 11.8. The SMILES string of the molecule is COc1cc2c3c(c1)c(N=NC(=N)N)c(O)n3C(C)(C)C=C2CN1CCN(c2ccc(F)cc2)CC1.Cl. The van der Waals surface area contributed by atoms with E-state index in [4.69, 9.17) is 15.9 Å². The summed E-state index contributed by atoms with van der Waals surface area (Å²) in [6, 6.07) is 10.5. The van der Waals surface area contributed by atoms with Crippen LogP contribution in [0.5, 0.6) is 11.6 Å². The van der Waals surface area contributed by atoms with Crippen LogP contribution in [0.15, 0.2) is 52.7 Å². The number of guanidine groups is 1. The molecule has 2 aliphatic rings. The van der Waals surface area contributed by atoms with E-state index in [-0.39, 0.29) is 29.8 Å². The summed E-state index contributed by atoms with van der Waals surface area (Å²) >= 11 is 0. The van der Waals surface area contributed by atoms with Crippen molar-refractivity contribution in [1.29, 1.82) is 5.41 Å². The van der Waals surface area contributed by atoms with Gasteiger partial charge in [-0.3, -0.25) is 10.3 Å². The second kappa shape index (κ2) is 10.0. The number of allylic oxidation sites excluding steroid dienone is 1. The zero-order valence-electron chi connectivity index (χ0n) is 21.0. The molecule has 0 radical (unpaired) electrons. The normalized spacial score (nSPS) is 17.1. The molecule has 1 aromatic heterocycles. The van der Waals surface area contributed by atoms with E-state index >= 15 is 0 Å². The van der Waals surface area contributed by atoms with Crippen molar-refractivity contribution in [1.82, 2.24) is 9.47 Å². The number of hydrogen-bond donors (Lipinski definition) is 3. The van der Waals surface area contributed by atoms with Crippen molar-refractivity contribution in [2.75, 3.05) is 44.7 Å². The van der Waals surface area contributed by atoms with Crippen molar-refractivity contribution in [3.8, 4) is 11.6 Å². The summed E-state index contributed by atoms with van der Waals surface area (Å²) in [6.45, 7) is 8.25. The number of aromatic hydroxyl groups is 1. The Morgan fingerprint density at radius 1 is 1.16 bits per heavy atom. The third-order valence-corrected chi connectivity index (χ3v) is 6.89. The maximum Gasteiger partial charge on any atom is 0.232 e. The standard InChI is InChI=1S/C26H30FN7O2.ClH/c1-26(2)14-16(15-32-8-10-33(11-9-32)18-6-4-17(27)5-7-18)20-12-19(36-3)13-21-22(30-31-25(28)29)24(35)34(26)23(20)21;/h4-7,12-14,35H,8-11,15H2,1-3H3,(H3,28,29);1H. The highest BCUT2D eigenvalue weighted by Crippen LogP contribution is 2.49. The van der Waals surface area contributed by atoms with E-state index in [1.165, 1.54) is 12.1 Å². The predicted molar refractivity (Wildman–Crippen MR) is 146 cm³/mol. The number of anilines is 1. The fraction of sp³-hybridized carbons (Fsp3) is 0.346. The minimum absolute atomic E-state index is 0. The first kappa shape index (κ1) is 26.4. The van der Waals surface area contributed by atoms with Crippen LogP contribution in [-0.2, 0) is 5.54 Å². The lowest BCUT2D eigenvalue weighted by atomic mass is 9.90. The molecule has 0 unspecified atom stereocenters. The Balaban J connectivity index is 0.00000320. The number of hydrogen-bond acceptors (Lipinski definition) is 6. The van der Waals surface area contributed by atoms with Crippen molar-refractivity contribution in [2.24, 2.45) is 16.0 Å². The summed E-state index contributed by atoms with van der Waals surface area (Å²) in [7, 11) is 1.60. The molecular weight excluding hydrogens is 497 g/mol. The molecule has 3 aromatic rings. The molecule has 0 saturated carbocycles. The van der Waals surface area contributed by atoms with Gasteiger partial charge in [0.15, 0.2) is 5.69 Å². The molecule has 0 atom stereocenters. The molecule has 9 nitrogen and oxygen atoms in total. The van der Waals surface area contributed by atoms with Crippen molar-refractivity contribution >= 4 is 46.2 Å². The number of methoxy groups -OCH3 is 1. The smallest absolute Gasteiger partial charge is 0.232 e. The molecule has 4 N–H and O–H groups in total. The largest absolute Gasteiger partial charge is 0.497 e. The summed E-state index contributed by atoms with van der Waals surface area (Å²) in [5.74, 6) is -0.0555. The van der Waals surface area contributed by atoms with E-state index < -0.39 is 11.5 Å². The van der Waals surface area contributed by atoms with E-state index in [9.17, 15) is 9.50 Å². The summed E-state index contributed by atoms with van der Waals surface area (Å²) in [5.41, 5.74) is 9.09. The van der Waals surface area contributed by atoms with E-state index in [1.807, 2.05) is 42.7 Å². The van der Waals surface area contributed by atoms with Gasteiger partial charge in [-0.25, -0.2) is 4.39 Å². The molecule has 11 heteroatoms. The first-order chi connectivity index (χ1) is 17.2. The van der Waals surface area contributed by atoms with Gasteiger partial charge in [-0.1, -0.05) is 6.08 Å². The molecule has 37 heavy (non-hydrogen) atoms. The summed E-state index contributed by atoms with van der Waals surface area (Å²) in [4.78, 5) is 4.68. The van der Waals surface area contributed by atoms with E-state index in [2.05, 4.69) is 26.1 Å². The molecule has 0 aliphatic carbocycles. The van der Waals surface area contributed by atoms with E-state index in [1.54, 1.807) is 7.11 Å². The molecule has 3 heterocycles. The lowest BCUT2D eigenvalue weighted by molar-refractivity contribution is 0.286. The highest BCUT2D eigenvalue weighted by atomic mass is 35.5. The molecule has 0 bridgehead atoms. The average molecular weight is 528 g/mol. The van der Waals surface area contributed by atoms with Crippen LogP contribution in [0.4, 0.5) is 15.8 Å². The third-order valence-electron chi connectivity index (χ3n) is 6.89. The lowest BCUT2D eigenvalue weighted by Gasteiger charge is -2.38. The molecule has 1 fully saturated rings. The van der Waals surface area contributed by atoms with E-state index in [0.717, 1.165) is 55.1 Å². The quantitative estimate of drug-likeness (QED) is 0.249. The fourth-order valence-corrected chi connectivity index (χ4v) is 5.24. The van der Waals surface area contributed by atoms with Crippen LogP contribution < -0.4 is 15.4 Å². The summed E-state index contributed by atoms with van der Waals surface area (Å²) in [5, 5.41) is 27.0. The van der Waals surface area contributed by atoms with Gasteiger partial charge in [0.1, 0.15) is 11.6 Å².